The maximum Gasteiger partial charge on any atom is 0.251 e. The van der Waals surface area contributed by atoms with Crippen molar-refractivity contribution >= 4 is 11.8 Å². The highest BCUT2D eigenvalue weighted by Gasteiger charge is 2.40. The third-order valence-corrected chi connectivity index (χ3v) is 4.41. The lowest BCUT2D eigenvalue weighted by atomic mass is 9.97. The second-order valence-electron chi connectivity index (χ2n) is 5.97. The molecule has 3 rings (SSSR count). The Morgan fingerprint density at radius 3 is 2.78 bits per heavy atom. The molecule has 0 spiro atoms. The molecule has 2 fully saturated rings. The lowest BCUT2D eigenvalue weighted by Gasteiger charge is -2.38. The smallest absolute Gasteiger partial charge is 0.251 e. The largest absolute Gasteiger partial charge is 0.376 e. The number of carbonyl (C=O) groups is 2. The van der Waals surface area contributed by atoms with Crippen LogP contribution >= 0.6 is 0 Å². The lowest BCUT2D eigenvalue weighted by molar-refractivity contribution is -0.162. The number of benzene rings is 1. The van der Waals surface area contributed by atoms with Gasteiger partial charge in [-0.25, -0.2) is 0 Å². The minimum absolute atomic E-state index is 0.0716. The van der Waals surface area contributed by atoms with Gasteiger partial charge in [-0.1, -0.05) is 30.3 Å². The summed E-state index contributed by atoms with van der Waals surface area (Å²) >= 11 is 0. The van der Waals surface area contributed by atoms with Crippen LogP contribution in [0, 0.1) is 0 Å². The van der Waals surface area contributed by atoms with Gasteiger partial charge in [0.2, 0.25) is 5.91 Å². The van der Waals surface area contributed by atoms with Crippen molar-refractivity contribution in [2.75, 3.05) is 26.8 Å². The molecule has 6 nitrogen and oxygen atoms in total. The number of hydrogen-bond donors (Lipinski definition) is 1. The van der Waals surface area contributed by atoms with Crippen molar-refractivity contribution in [1.82, 2.24) is 10.2 Å². The summed E-state index contributed by atoms with van der Waals surface area (Å²) in [7, 11) is 1.71. The van der Waals surface area contributed by atoms with E-state index in [1.165, 1.54) is 0 Å². The summed E-state index contributed by atoms with van der Waals surface area (Å²) in [5, 5.41) is 2.90. The Labute approximate surface area is 135 Å². The molecule has 2 amide bonds. The van der Waals surface area contributed by atoms with Crippen LogP contribution in [0.4, 0.5) is 0 Å². The average Bonchev–Trinajstić information content (AvgIpc) is 3.09. The van der Waals surface area contributed by atoms with Gasteiger partial charge in [-0.2, -0.15) is 0 Å². The molecule has 0 aliphatic carbocycles. The highest BCUT2D eigenvalue weighted by Crippen LogP contribution is 2.29. The minimum atomic E-state index is -0.707. The second-order valence-corrected chi connectivity index (χ2v) is 5.97. The van der Waals surface area contributed by atoms with Crippen LogP contribution in [0.1, 0.15) is 24.4 Å². The predicted molar refractivity (Wildman–Crippen MR) is 83.7 cm³/mol. The fourth-order valence-electron chi connectivity index (χ4n) is 3.10. The molecule has 3 unspecified atom stereocenters. The van der Waals surface area contributed by atoms with Gasteiger partial charge in [0.1, 0.15) is 6.61 Å². The number of morpholine rings is 1. The van der Waals surface area contributed by atoms with Crippen molar-refractivity contribution in [2.45, 2.75) is 31.1 Å². The number of amides is 2. The summed E-state index contributed by atoms with van der Waals surface area (Å²) in [5.74, 6) is -0.323. The second kappa shape index (κ2) is 7.10. The Kier molecular flexibility index (Phi) is 4.93. The van der Waals surface area contributed by atoms with Gasteiger partial charge in [-0.05, 0) is 18.4 Å². The summed E-state index contributed by atoms with van der Waals surface area (Å²) < 4.78 is 11.1. The Morgan fingerprint density at radius 2 is 2.09 bits per heavy atom. The fraction of sp³-hybridized carbons (Fsp3) is 0.529. The molecule has 0 bridgehead atoms. The molecule has 0 radical (unpaired) electrons. The van der Waals surface area contributed by atoms with Gasteiger partial charge >= 0.3 is 0 Å². The van der Waals surface area contributed by atoms with Crippen molar-refractivity contribution in [3.05, 3.63) is 35.9 Å². The topological polar surface area (TPSA) is 67.9 Å². The summed E-state index contributed by atoms with van der Waals surface area (Å²) in [5.41, 5.74) is 0.889. The van der Waals surface area contributed by atoms with Crippen LogP contribution in [0.2, 0.25) is 0 Å². The normalized spacial score (nSPS) is 28.0. The van der Waals surface area contributed by atoms with Gasteiger partial charge < -0.3 is 19.7 Å². The molecule has 6 heteroatoms. The van der Waals surface area contributed by atoms with Gasteiger partial charge in [0.25, 0.3) is 5.91 Å². The van der Waals surface area contributed by atoms with Gasteiger partial charge in [0.05, 0.1) is 12.1 Å². The predicted octanol–water partition coefficient (Wildman–Crippen LogP) is 0.880. The van der Waals surface area contributed by atoms with Gasteiger partial charge in [-0.15, -0.1) is 0 Å². The minimum Gasteiger partial charge on any atom is -0.376 e. The summed E-state index contributed by atoms with van der Waals surface area (Å²) in [6.07, 6.45) is 1.37. The van der Waals surface area contributed by atoms with E-state index < -0.39 is 12.1 Å². The number of nitrogens with zero attached hydrogens (tertiary/aromatic N) is 1. The number of nitrogens with one attached hydrogen (secondary N) is 1. The lowest BCUT2D eigenvalue weighted by Crippen LogP contribution is -2.53. The third kappa shape index (κ3) is 3.54. The molecule has 1 aromatic rings. The van der Waals surface area contributed by atoms with Crippen molar-refractivity contribution in [3.63, 3.8) is 0 Å². The zero-order chi connectivity index (χ0) is 16.2. The molecule has 0 aromatic heterocycles. The number of hydrogen-bond acceptors (Lipinski definition) is 4. The van der Waals surface area contributed by atoms with E-state index in [4.69, 9.17) is 9.47 Å². The van der Waals surface area contributed by atoms with Crippen LogP contribution in [0.5, 0.6) is 0 Å². The zero-order valence-corrected chi connectivity index (χ0v) is 13.2. The van der Waals surface area contributed by atoms with E-state index in [1.807, 2.05) is 30.3 Å². The quantitative estimate of drug-likeness (QED) is 0.895. The molecule has 0 saturated carbocycles. The molecule has 23 heavy (non-hydrogen) atoms. The van der Waals surface area contributed by atoms with Crippen LogP contribution in [-0.2, 0) is 19.1 Å². The Bertz CT molecular complexity index is 557. The molecule has 2 aliphatic rings. The van der Waals surface area contributed by atoms with Crippen LogP contribution < -0.4 is 5.32 Å². The van der Waals surface area contributed by atoms with Crippen molar-refractivity contribution in [3.8, 4) is 0 Å². The van der Waals surface area contributed by atoms with E-state index in [1.54, 1.807) is 11.9 Å². The Morgan fingerprint density at radius 1 is 1.30 bits per heavy atom. The monoisotopic (exact) mass is 318 g/mol. The molecule has 2 aliphatic heterocycles. The molecular formula is C17H22N2O4. The van der Waals surface area contributed by atoms with Crippen molar-refractivity contribution in [1.29, 1.82) is 0 Å². The van der Waals surface area contributed by atoms with E-state index >= 15 is 0 Å². The van der Waals surface area contributed by atoms with Crippen LogP contribution in [-0.4, -0.2) is 55.7 Å². The molecular weight excluding hydrogens is 296 g/mol. The summed E-state index contributed by atoms with van der Waals surface area (Å²) in [4.78, 5) is 26.1. The highest BCUT2D eigenvalue weighted by molar-refractivity contribution is 5.86. The molecule has 124 valence electrons. The van der Waals surface area contributed by atoms with E-state index in [-0.39, 0.29) is 24.5 Å². The van der Waals surface area contributed by atoms with Crippen LogP contribution in [0.3, 0.4) is 0 Å². The van der Waals surface area contributed by atoms with E-state index in [0.717, 1.165) is 25.0 Å². The first-order valence-electron chi connectivity index (χ1n) is 7.98. The Balaban J connectivity index is 1.72. The number of carbonyl (C=O) groups excluding carboxylic acids is 2. The SMILES string of the molecule is CN1C(=O)COC(C(=O)NCC2CCCO2)C1c1ccccc1. The average molecular weight is 318 g/mol. The number of likely N-dealkylation sites (N-methyl/N-ethyl adjacent to an activating group) is 1. The molecule has 1 N–H and O–H groups in total. The molecule has 2 saturated heterocycles. The Hall–Kier alpha value is -1.92. The zero-order valence-electron chi connectivity index (χ0n) is 13.2. The van der Waals surface area contributed by atoms with Gasteiger partial charge in [0, 0.05) is 20.2 Å². The first kappa shape index (κ1) is 16.0. The van der Waals surface area contributed by atoms with Crippen LogP contribution in [0.15, 0.2) is 30.3 Å². The van der Waals surface area contributed by atoms with Crippen LogP contribution in [0.25, 0.3) is 0 Å². The standard InChI is InChI=1S/C17H22N2O4/c1-19-14(20)11-23-16(15(19)12-6-3-2-4-7-12)17(21)18-10-13-8-5-9-22-13/h2-4,6-7,13,15-16H,5,8-11H2,1H3,(H,18,21). The molecule has 1 aromatic carbocycles. The summed E-state index contributed by atoms with van der Waals surface area (Å²) in [6.45, 7) is 1.17. The van der Waals surface area contributed by atoms with E-state index in [2.05, 4.69) is 5.32 Å². The van der Waals surface area contributed by atoms with Gasteiger partial charge in [0.15, 0.2) is 6.10 Å². The molecule has 3 atom stereocenters. The van der Waals surface area contributed by atoms with Gasteiger partial charge in [-0.3, -0.25) is 9.59 Å². The molecule has 2 heterocycles. The first-order valence-corrected chi connectivity index (χ1v) is 7.98. The maximum absolute atomic E-state index is 12.6. The third-order valence-electron chi connectivity index (χ3n) is 4.41. The first-order chi connectivity index (χ1) is 11.2. The number of ether oxygens (including phenoxy) is 2. The maximum atomic E-state index is 12.6. The van der Waals surface area contributed by atoms with Crippen molar-refractivity contribution in [2.24, 2.45) is 0 Å². The van der Waals surface area contributed by atoms with Crippen molar-refractivity contribution < 1.29 is 19.1 Å². The summed E-state index contributed by atoms with van der Waals surface area (Å²) in [6, 6.07) is 9.09. The fourth-order valence-corrected chi connectivity index (χ4v) is 3.10. The van der Waals surface area contributed by atoms with E-state index in [9.17, 15) is 9.59 Å². The number of rotatable bonds is 4. The highest BCUT2D eigenvalue weighted by atomic mass is 16.5. The van der Waals surface area contributed by atoms with E-state index in [0.29, 0.717) is 6.54 Å².